The van der Waals surface area contributed by atoms with Gasteiger partial charge in [-0.25, -0.2) is 4.98 Å². The zero-order valence-electron chi connectivity index (χ0n) is 18.9. The minimum Gasteiger partial charge on any atom is -0.508 e. The maximum absolute atomic E-state index is 13.9. The Bertz CT molecular complexity index is 1360. The van der Waals surface area contributed by atoms with Crippen LogP contribution in [-0.2, 0) is 0 Å². The first kappa shape index (κ1) is 21.9. The number of fused-ring (bicyclic) bond motifs is 1. The van der Waals surface area contributed by atoms with Crippen molar-refractivity contribution in [2.75, 3.05) is 20.1 Å². The number of hydrogen-bond donors (Lipinski definition) is 3. The fourth-order valence-corrected chi connectivity index (χ4v) is 4.52. The second-order valence-corrected chi connectivity index (χ2v) is 8.69. The number of carbonyl (C=O) groups is 1. The predicted molar refractivity (Wildman–Crippen MR) is 132 cm³/mol. The molecule has 1 saturated heterocycles. The summed E-state index contributed by atoms with van der Waals surface area (Å²) in [6.07, 6.45) is 3.81. The van der Waals surface area contributed by atoms with Crippen molar-refractivity contribution in [2.24, 2.45) is 0 Å². The van der Waals surface area contributed by atoms with Crippen molar-refractivity contribution in [1.29, 1.82) is 0 Å². The van der Waals surface area contributed by atoms with Crippen molar-refractivity contribution in [3.8, 4) is 33.9 Å². The monoisotopic (exact) mass is 454 g/mol. The molecule has 172 valence electrons. The largest absolute Gasteiger partial charge is 0.508 e. The highest BCUT2D eigenvalue weighted by atomic mass is 16.3. The highest BCUT2D eigenvalue weighted by Gasteiger charge is 2.25. The number of rotatable bonds is 5. The molecule has 0 saturated carbocycles. The Labute approximate surface area is 197 Å². The summed E-state index contributed by atoms with van der Waals surface area (Å²) in [6.45, 7) is 1.56. The molecule has 2 aromatic heterocycles. The van der Waals surface area contributed by atoms with Gasteiger partial charge >= 0.3 is 0 Å². The number of phenols is 2. The first-order chi connectivity index (χ1) is 16.5. The number of nitrogens with one attached hydrogen (secondary N) is 1. The molecule has 0 aliphatic carbocycles. The average Bonchev–Trinajstić information content (AvgIpc) is 3.35. The van der Waals surface area contributed by atoms with Crippen LogP contribution in [0.5, 0.6) is 11.5 Å². The Hall–Kier alpha value is -3.97. The number of pyridine rings is 2. The predicted octanol–water partition coefficient (Wildman–Crippen LogP) is 4.20. The van der Waals surface area contributed by atoms with E-state index in [0.29, 0.717) is 40.0 Å². The highest BCUT2D eigenvalue weighted by Crippen LogP contribution is 2.32. The van der Waals surface area contributed by atoms with Crippen LogP contribution in [0.2, 0.25) is 0 Å². The van der Waals surface area contributed by atoms with Crippen molar-refractivity contribution >= 4 is 16.9 Å². The lowest BCUT2D eigenvalue weighted by molar-refractivity contribution is 0.0786. The SMILES string of the molecule is CN(C[C@@H]1CCCN1)C(=O)c1c(-c2cccc(O)c2)cnc2ccc(-c3cccc(O)c3)nc12. The van der Waals surface area contributed by atoms with Crippen molar-refractivity contribution in [2.45, 2.75) is 18.9 Å². The van der Waals surface area contributed by atoms with Crippen LogP contribution in [0, 0.1) is 0 Å². The smallest absolute Gasteiger partial charge is 0.256 e. The number of aromatic nitrogens is 2. The summed E-state index contributed by atoms with van der Waals surface area (Å²) < 4.78 is 0. The van der Waals surface area contributed by atoms with E-state index in [1.165, 1.54) is 0 Å². The number of aromatic hydroxyl groups is 2. The van der Waals surface area contributed by atoms with Gasteiger partial charge in [-0.15, -0.1) is 0 Å². The summed E-state index contributed by atoms with van der Waals surface area (Å²) in [5.41, 5.74) is 4.20. The van der Waals surface area contributed by atoms with E-state index in [1.807, 2.05) is 24.3 Å². The zero-order chi connectivity index (χ0) is 23.7. The van der Waals surface area contributed by atoms with E-state index < -0.39 is 0 Å². The van der Waals surface area contributed by atoms with Gasteiger partial charge in [0.2, 0.25) is 0 Å². The van der Waals surface area contributed by atoms with Gasteiger partial charge in [-0.05, 0) is 61.3 Å². The Morgan fingerprint density at radius 3 is 2.50 bits per heavy atom. The van der Waals surface area contributed by atoms with Gasteiger partial charge in [-0.2, -0.15) is 0 Å². The molecular weight excluding hydrogens is 428 g/mol. The number of likely N-dealkylation sites (N-methyl/N-ethyl adjacent to an activating group) is 1. The molecule has 1 fully saturated rings. The second kappa shape index (κ2) is 9.11. The number of phenolic OH excluding ortho intramolecular Hbond substituents is 2. The quantitative estimate of drug-likeness (QED) is 0.418. The molecule has 0 radical (unpaired) electrons. The molecular formula is C27H26N4O3. The van der Waals surface area contributed by atoms with Gasteiger partial charge in [-0.3, -0.25) is 9.78 Å². The fraction of sp³-hybridized carbons (Fsp3) is 0.222. The van der Waals surface area contributed by atoms with Gasteiger partial charge in [0, 0.05) is 37.0 Å². The third-order valence-corrected chi connectivity index (χ3v) is 6.23. The molecule has 3 N–H and O–H groups in total. The van der Waals surface area contributed by atoms with Crippen molar-refractivity contribution in [3.05, 3.63) is 72.4 Å². The van der Waals surface area contributed by atoms with E-state index in [9.17, 15) is 15.0 Å². The molecule has 1 amide bonds. The average molecular weight is 455 g/mol. The topological polar surface area (TPSA) is 98.6 Å². The third-order valence-electron chi connectivity index (χ3n) is 6.23. The number of amides is 1. The molecule has 0 unspecified atom stereocenters. The van der Waals surface area contributed by atoms with Gasteiger partial charge in [0.15, 0.2) is 0 Å². The summed E-state index contributed by atoms with van der Waals surface area (Å²) in [5.74, 6) is 0.104. The summed E-state index contributed by atoms with van der Waals surface area (Å²) in [7, 11) is 1.81. The molecule has 1 atom stereocenters. The molecule has 1 aliphatic rings. The highest BCUT2D eigenvalue weighted by molar-refractivity contribution is 6.10. The zero-order valence-corrected chi connectivity index (χ0v) is 18.9. The van der Waals surface area contributed by atoms with E-state index in [-0.39, 0.29) is 23.4 Å². The molecule has 0 spiro atoms. The van der Waals surface area contributed by atoms with Gasteiger partial charge < -0.3 is 20.4 Å². The Kier molecular flexibility index (Phi) is 5.86. The van der Waals surface area contributed by atoms with Crippen molar-refractivity contribution < 1.29 is 15.0 Å². The lowest BCUT2D eigenvalue weighted by atomic mass is 9.98. The van der Waals surface area contributed by atoms with Gasteiger partial charge in [-0.1, -0.05) is 24.3 Å². The fourth-order valence-electron chi connectivity index (χ4n) is 4.52. The van der Waals surface area contributed by atoms with Gasteiger partial charge in [0.25, 0.3) is 5.91 Å². The standard InChI is InChI=1S/C27H26N4O3/c1-31(16-19-7-4-12-28-19)27(34)25-22(17-5-2-8-20(32)13-17)15-29-24-11-10-23(30-26(24)25)18-6-3-9-21(33)14-18/h2-3,5-6,8-11,13-15,19,28,32-33H,4,7,12,16H2,1H3/t19-/m0/s1. The summed E-state index contributed by atoms with van der Waals surface area (Å²) in [5, 5.41) is 23.4. The van der Waals surface area contributed by atoms with Gasteiger partial charge in [0.05, 0.1) is 16.8 Å². The molecule has 7 nitrogen and oxygen atoms in total. The maximum atomic E-state index is 13.9. The molecule has 1 aliphatic heterocycles. The first-order valence-corrected chi connectivity index (χ1v) is 11.4. The Balaban J connectivity index is 1.68. The van der Waals surface area contributed by atoms with Gasteiger partial charge in [0.1, 0.15) is 17.0 Å². The second-order valence-electron chi connectivity index (χ2n) is 8.69. The van der Waals surface area contributed by atoms with Crippen LogP contribution in [0.3, 0.4) is 0 Å². The summed E-state index contributed by atoms with van der Waals surface area (Å²) >= 11 is 0. The molecule has 34 heavy (non-hydrogen) atoms. The van der Waals surface area contributed by atoms with E-state index in [4.69, 9.17) is 4.98 Å². The van der Waals surface area contributed by atoms with Crippen LogP contribution in [-0.4, -0.2) is 57.2 Å². The van der Waals surface area contributed by atoms with Crippen LogP contribution in [0.4, 0.5) is 0 Å². The Morgan fingerprint density at radius 1 is 1.06 bits per heavy atom. The minimum atomic E-state index is -0.153. The Morgan fingerprint density at radius 2 is 1.79 bits per heavy atom. The maximum Gasteiger partial charge on any atom is 0.256 e. The number of benzene rings is 2. The van der Waals surface area contributed by atoms with Crippen LogP contribution in [0.1, 0.15) is 23.2 Å². The number of carbonyl (C=O) groups excluding carboxylic acids is 1. The lowest BCUT2D eigenvalue weighted by Gasteiger charge is -2.23. The normalized spacial score (nSPS) is 15.5. The van der Waals surface area contributed by atoms with E-state index >= 15 is 0 Å². The van der Waals surface area contributed by atoms with E-state index in [1.54, 1.807) is 54.5 Å². The lowest BCUT2D eigenvalue weighted by Crippen LogP contribution is -2.39. The van der Waals surface area contributed by atoms with Crippen LogP contribution in [0.25, 0.3) is 33.4 Å². The van der Waals surface area contributed by atoms with Crippen LogP contribution >= 0.6 is 0 Å². The van der Waals surface area contributed by atoms with Crippen molar-refractivity contribution in [3.63, 3.8) is 0 Å². The molecule has 5 rings (SSSR count). The molecule has 7 heteroatoms. The molecule has 0 bridgehead atoms. The first-order valence-electron chi connectivity index (χ1n) is 11.4. The van der Waals surface area contributed by atoms with Crippen LogP contribution < -0.4 is 5.32 Å². The van der Waals surface area contributed by atoms with Crippen molar-refractivity contribution in [1.82, 2.24) is 20.2 Å². The third kappa shape index (κ3) is 4.30. The summed E-state index contributed by atoms with van der Waals surface area (Å²) in [4.78, 5) is 25.0. The number of nitrogens with zero attached hydrogens (tertiary/aromatic N) is 3. The summed E-state index contributed by atoms with van der Waals surface area (Å²) in [6, 6.07) is 17.6. The van der Waals surface area contributed by atoms with Crippen LogP contribution in [0.15, 0.2) is 66.9 Å². The van der Waals surface area contributed by atoms with E-state index in [2.05, 4.69) is 10.3 Å². The minimum absolute atomic E-state index is 0.112. The molecule has 4 aromatic rings. The molecule has 2 aromatic carbocycles. The molecule has 3 heterocycles. The number of hydrogen-bond acceptors (Lipinski definition) is 6. The van der Waals surface area contributed by atoms with E-state index in [0.717, 1.165) is 24.9 Å².